The van der Waals surface area contributed by atoms with Gasteiger partial charge in [0.25, 0.3) is 0 Å². The van der Waals surface area contributed by atoms with Crippen LogP contribution in [0.15, 0.2) is 29.2 Å². The summed E-state index contributed by atoms with van der Waals surface area (Å²) in [7, 11) is 0. The summed E-state index contributed by atoms with van der Waals surface area (Å²) in [4.78, 5) is 0.344. The van der Waals surface area contributed by atoms with E-state index >= 15 is 0 Å². The van der Waals surface area contributed by atoms with E-state index in [1.807, 2.05) is 0 Å². The minimum atomic E-state index is -4.81. The molecule has 1 heterocycles. The Balaban J connectivity index is 2.10. The molecule has 0 bridgehead atoms. The molecule has 10 heteroatoms. The maximum Gasteiger partial charge on any atom is 0.573 e. The van der Waals surface area contributed by atoms with Crippen molar-refractivity contribution in [3.05, 3.63) is 24.3 Å². The SMILES string of the molecule is NC1C(O)C(CO)OC(Sc2cccc(OC(F)(F)F)c2)C1O. The highest BCUT2D eigenvalue weighted by molar-refractivity contribution is 7.99. The van der Waals surface area contributed by atoms with Crippen LogP contribution in [0.5, 0.6) is 5.75 Å². The molecular formula is C13H16F3NO5S. The second-order valence-electron chi connectivity index (χ2n) is 4.92. The van der Waals surface area contributed by atoms with Crippen LogP contribution in [0.1, 0.15) is 0 Å². The van der Waals surface area contributed by atoms with Gasteiger partial charge in [-0.2, -0.15) is 0 Å². The number of hydrogen-bond acceptors (Lipinski definition) is 7. The summed E-state index contributed by atoms with van der Waals surface area (Å²) >= 11 is 0.916. The summed E-state index contributed by atoms with van der Waals surface area (Å²) < 4.78 is 45.8. The van der Waals surface area contributed by atoms with Crippen LogP contribution < -0.4 is 10.5 Å². The van der Waals surface area contributed by atoms with Crippen molar-refractivity contribution >= 4 is 11.8 Å². The molecule has 5 atom stereocenters. The zero-order valence-electron chi connectivity index (χ0n) is 11.7. The summed E-state index contributed by atoms with van der Waals surface area (Å²) in [5.74, 6) is -0.407. The van der Waals surface area contributed by atoms with Crippen LogP contribution in [0.25, 0.3) is 0 Å². The van der Waals surface area contributed by atoms with Gasteiger partial charge in [-0.05, 0) is 18.2 Å². The lowest BCUT2D eigenvalue weighted by Crippen LogP contribution is -2.61. The van der Waals surface area contributed by atoms with Crippen LogP contribution in [0.2, 0.25) is 0 Å². The van der Waals surface area contributed by atoms with Crippen molar-refractivity contribution in [2.75, 3.05) is 6.61 Å². The van der Waals surface area contributed by atoms with Gasteiger partial charge in [-0.25, -0.2) is 0 Å². The van der Waals surface area contributed by atoms with Crippen molar-refractivity contribution < 1.29 is 38.0 Å². The molecule has 1 aliphatic rings. The molecule has 1 aromatic carbocycles. The Kier molecular flexibility index (Phi) is 5.76. The molecule has 1 saturated heterocycles. The monoisotopic (exact) mass is 355 g/mol. The highest BCUT2D eigenvalue weighted by Crippen LogP contribution is 2.35. The molecule has 23 heavy (non-hydrogen) atoms. The molecule has 0 aliphatic carbocycles. The van der Waals surface area contributed by atoms with Gasteiger partial charge >= 0.3 is 6.36 Å². The third-order valence-electron chi connectivity index (χ3n) is 3.23. The molecule has 5 unspecified atom stereocenters. The number of rotatable bonds is 4. The van der Waals surface area contributed by atoms with E-state index in [0.717, 1.165) is 23.9 Å². The number of benzene rings is 1. The highest BCUT2D eigenvalue weighted by Gasteiger charge is 2.42. The minimum absolute atomic E-state index is 0.344. The van der Waals surface area contributed by atoms with E-state index in [9.17, 15) is 23.4 Å². The van der Waals surface area contributed by atoms with E-state index in [1.54, 1.807) is 0 Å². The Morgan fingerprint density at radius 2 is 1.96 bits per heavy atom. The molecule has 0 aromatic heterocycles. The van der Waals surface area contributed by atoms with Gasteiger partial charge in [0.15, 0.2) is 0 Å². The first kappa shape index (κ1) is 18.3. The Morgan fingerprint density at radius 3 is 2.57 bits per heavy atom. The predicted octanol–water partition coefficient (Wildman–Crippen LogP) is 0.444. The molecule has 130 valence electrons. The fraction of sp³-hybridized carbons (Fsp3) is 0.538. The predicted molar refractivity (Wildman–Crippen MR) is 74.7 cm³/mol. The summed E-state index contributed by atoms with van der Waals surface area (Å²) in [5, 5.41) is 28.9. The number of aliphatic hydroxyl groups is 3. The quantitative estimate of drug-likeness (QED) is 0.621. The topological polar surface area (TPSA) is 105 Å². The summed E-state index contributed by atoms with van der Waals surface area (Å²) in [6, 6.07) is 4.10. The molecule has 0 amide bonds. The maximum atomic E-state index is 12.2. The third-order valence-corrected chi connectivity index (χ3v) is 4.38. The highest BCUT2D eigenvalue weighted by atomic mass is 32.2. The van der Waals surface area contributed by atoms with Crippen LogP contribution in [0.4, 0.5) is 13.2 Å². The normalized spacial score (nSPS) is 31.9. The van der Waals surface area contributed by atoms with Crippen molar-refractivity contribution in [3.8, 4) is 5.75 Å². The molecule has 1 aliphatic heterocycles. The van der Waals surface area contributed by atoms with Gasteiger partial charge in [-0.15, -0.1) is 13.2 Å². The van der Waals surface area contributed by atoms with Gasteiger partial charge in [0, 0.05) is 4.90 Å². The molecule has 0 spiro atoms. The van der Waals surface area contributed by atoms with Gasteiger partial charge in [-0.3, -0.25) is 0 Å². The summed E-state index contributed by atoms with van der Waals surface area (Å²) in [6.45, 7) is -0.504. The first-order valence-electron chi connectivity index (χ1n) is 6.62. The second-order valence-corrected chi connectivity index (χ2v) is 6.10. The number of halogens is 3. The van der Waals surface area contributed by atoms with Gasteiger partial charge in [0.1, 0.15) is 29.5 Å². The number of alkyl halides is 3. The lowest BCUT2D eigenvalue weighted by atomic mass is 9.98. The number of thioether (sulfide) groups is 1. The van der Waals surface area contributed by atoms with Gasteiger partial charge in [0.2, 0.25) is 0 Å². The number of nitrogens with two attached hydrogens (primary N) is 1. The zero-order chi connectivity index (χ0) is 17.2. The Bertz CT molecular complexity index is 531. The van der Waals surface area contributed by atoms with Crippen molar-refractivity contribution in [1.29, 1.82) is 0 Å². The van der Waals surface area contributed by atoms with Crippen LogP contribution in [0, 0.1) is 0 Å². The Hall–Kier alpha value is -1.04. The molecule has 5 N–H and O–H groups in total. The second kappa shape index (κ2) is 7.24. The van der Waals surface area contributed by atoms with Crippen LogP contribution in [-0.2, 0) is 4.74 Å². The summed E-state index contributed by atoms with van der Waals surface area (Å²) in [5.41, 5.74) is 4.71. The van der Waals surface area contributed by atoms with E-state index in [4.69, 9.17) is 15.6 Å². The smallest absolute Gasteiger partial charge is 0.406 e. The molecular weight excluding hydrogens is 339 g/mol. The Labute approximate surface area is 134 Å². The number of ether oxygens (including phenoxy) is 2. The number of hydrogen-bond donors (Lipinski definition) is 4. The van der Waals surface area contributed by atoms with Crippen molar-refractivity contribution in [2.24, 2.45) is 5.73 Å². The number of aliphatic hydroxyl groups excluding tert-OH is 3. The van der Waals surface area contributed by atoms with Gasteiger partial charge < -0.3 is 30.5 Å². The first-order chi connectivity index (χ1) is 10.7. The van der Waals surface area contributed by atoms with Crippen molar-refractivity contribution in [3.63, 3.8) is 0 Å². The first-order valence-corrected chi connectivity index (χ1v) is 7.49. The molecule has 0 radical (unpaired) electrons. The van der Waals surface area contributed by atoms with Gasteiger partial charge in [0.05, 0.1) is 12.6 Å². The molecule has 1 aromatic rings. The van der Waals surface area contributed by atoms with Gasteiger partial charge in [-0.1, -0.05) is 17.8 Å². The average molecular weight is 355 g/mol. The van der Waals surface area contributed by atoms with Crippen LogP contribution in [-0.4, -0.2) is 58.1 Å². The van der Waals surface area contributed by atoms with Crippen molar-refractivity contribution in [1.82, 2.24) is 0 Å². The standard InChI is InChI=1S/C13H16F3NO5S/c14-13(15,16)22-6-2-1-3-7(4-6)23-12-11(20)9(17)10(19)8(5-18)21-12/h1-4,8-12,18-20H,5,17H2. The molecule has 6 nitrogen and oxygen atoms in total. The molecule has 2 rings (SSSR count). The van der Waals surface area contributed by atoms with Crippen LogP contribution in [0.3, 0.4) is 0 Å². The van der Waals surface area contributed by atoms with Crippen LogP contribution >= 0.6 is 11.8 Å². The molecule has 1 fully saturated rings. The fourth-order valence-electron chi connectivity index (χ4n) is 2.09. The lowest BCUT2D eigenvalue weighted by Gasteiger charge is -2.40. The Morgan fingerprint density at radius 1 is 1.26 bits per heavy atom. The van der Waals surface area contributed by atoms with Crippen molar-refractivity contribution in [2.45, 2.75) is 41.0 Å². The van der Waals surface area contributed by atoms with E-state index in [0.29, 0.717) is 4.90 Å². The third kappa shape index (κ3) is 4.72. The fourth-order valence-corrected chi connectivity index (χ4v) is 3.22. The average Bonchev–Trinajstić information content (AvgIpc) is 2.46. The van der Waals surface area contributed by atoms with E-state index in [-0.39, 0.29) is 0 Å². The summed E-state index contributed by atoms with van der Waals surface area (Å²) in [6.07, 6.45) is -8.30. The van der Waals surface area contributed by atoms with E-state index < -0.39 is 48.5 Å². The molecule has 0 saturated carbocycles. The lowest BCUT2D eigenvalue weighted by molar-refractivity contribution is -0.274. The maximum absolute atomic E-state index is 12.2. The van der Waals surface area contributed by atoms with E-state index in [2.05, 4.69) is 4.74 Å². The largest absolute Gasteiger partial charge is 0.573 e. The minimum Gasteiger partial charge on any atom is -0.406 e. The van der Waals surface area contributed by atoms with E-state index in [1.165, 1.54) is 12.1 Å². The zero-order valence-corrected chi connectivity index (χ0v) is 12.5.